The number of hydrogen-bond acceptors (Lipinski definition) is 3. The monoisotopic (exact) mass is 199 g/mol. The molecular formula is C10H17NO3. The fourth-order valence-electron chi connectivity index (χ4n) is 2.41. The van der Waals surface area contributed by atoms with Crippen molar-refractivity contribution in [3.63, 3.8) is 0 Å². The van der Waals surface area contributed by atoms with Gasteiger partial charge in [0.2, 0.25) is 5.91 Å². The summed E-state index contributed by atoms with van der Waals surface area (Å²) < 4.78 is 5.68. The number of carbonyl (C=O) groups is 1. The van der Waals surface area contributed by atoms with Crippen molar-refractivity contribution in [1.82, 2.24) is 5.06 Å². The largest absolute Gasteiger partial charge is 0.375 e. The van der Waals surface area contributed by atoms with Gasteiger partial charge in [0.25, 0.3) is 0 Å². The number of rotatable bonds is 2. The van der Waals surface area contributed by atoms with Gasteiger partial charge < -0.3 is 4.74 Å². The van der Waals surface area contributed by atoms with Crippen molar-refractivity contribution in [3.05, 3.63) is 0 Å². The molecule has 2 bridgehead atoms. The summed E-state index contributed by atoms with van der Waals surface area (Å²) in [5.74, 6) is 0.193. The molecule has 2 aliphatic heterocycles. The minimum absolute atomic E-state index is 0.0905. The number of hydroxylamine groups is 2. The van der Waals surface area contributed by atoms with Crippen LogP contribution in [0.1, 0.15) is 25.7 Å². The number of hydrogen-bond donors (Lipinski definition) is 0. The molecule has 80 valence electrons. The van der Waals surface area contributed by atoms with Gasteiger partial charge in [0, 0.05) is 13.0 Å². The standard InChI is InChI=1S/C10H17NO3/c1-11(13-2)10(12)7-5-8-3-4-9(6-7)14-8/h7-9H,3-6H2,1-2H3. The van der Waals surface area contributed by atoms with Crippen molar-refractivity contribution in [1.29, 1.82) is 0 Å². The van der Waals surface area contributed by atoms with Crippen LogP contribution in [0.25, 0.3) is 0 Å². The second-order valence-corrected chi connectivity index (χ2v) is 4.14. The highest BCUT2D eigenvalue weighted by atomic mass is 16.7. The van der Waals surface area contributed by atoms with Crippen LogP contribution in [0.3, 0.4) is 0 Å². The fourth-order valence-corrected chi connectivity index (χ4v) is 2.41. The number of fused-ring (bicyclic) bond motifs is 2. The zero-order chi connectivity index (χ0) is 10.1. The lowest BCUT2D eigenvalue weighted by molar-refractivity contribution is -0.178. The van der Waals surface area contributed by atoms with E-state index in [1.54, 1.807) is 7.05 Å². The third-order valence-electron chi connectivity index (χ3n) is 3.22. The van der Waals surface area contributed by atoms with Crippen LogP contribution >= 0.6 is 0 Å². The second kappa shape index (κ2) is 3.87. The molecule has 0 saturated carbocycles. The minimum atomic E-state index is 0.0905. The molecule has 0 N–H and O–H groups in total. The lowest BCUT2D eigenvalue weighted by Crippen LogP contribution is -2.38. The summed E-state index contributed by atoms with van der Waals surface area (Å²) in [5.41, 5.74) is 0. The summed E-state index contributed by atoms with van der Waals surface area (Å²) in [7, 11) is 3.19. The predicted molar refractivity (Wildman–Crippen MR) is 50.4 cm³/mol. The summed E-state index contributed by atoms with van der Waals surface area (Å²) in [6.45, 7) is 0. The van der Waals surface area contributed by atoms with Gasteiger partial charge in [0.1, 0.15) is 0 Å². The maximum atomic E-state index is 11.8. The Labute approximate surface area is 84.1 Å². The van der Waals surface area contributed by atoms with Gasteiger partial charge in [-0.2, -0.15) is 0 Å². The molecule has 2 fully saturated rings. The molecule has 1 amide bonds. The van der Waals surface area contributed by atoms with E-state index in [2.05, 4.69) is 0 Å². The van der Waals surface area contributed by atoms with Gasteiger partial charge in [-0.15, -0.1) is 0 Å². The average Bonchev–Trinajstić information content (AvgIpc) is 2.55. The summed E-state index contributed by atoms with van der Waals surface area (Å²) in [5, 5.41) is 1.33. The predicted octanol–water partition coefficient (Wildman–Crippen LogP) is 0.964. The molecular weight excluding hydrogens is 182 g/mol. The van der Waals surface area contributed by atoms with Crippen molar-refractivity contribution in [2.75, 3.05) is 14.2 Å². The van der Waals surface area contributed by atoms with Crippen LogP contribution in [0.5, 0.6) is 0 Å². The van der Waals surface area contributed by atoms with E-state index < -0.39 is 0 Å². The number of carbonyl (C=O) groups excluding carboxylic acids is 1. The Morgan fingerprint density at radius 1 is 1.36 bits per heavy atom. The van der Waals surface area contributed by atoms with E-state index in [0.717, 1.165) is 25.7 Å². The van der Waals surface area contributed by atoms with Crippen LogP contribution < -0.4 is 0 Å². The van der Waals surface area contributed by atoms with Crippen LogP contribution in [-0.4, -0.2) is 37.3 Å². The van der Waals surface area contributed by atoms with Crippen LogP contribution in [0, 0.1) is 5.92 Å². The summed E-state index contributed by atoms with van der Waals surface area (Å²) in [6.07, 6.45) is 4.59. The molecule has 0 aromatic heterocycles. The molecule has 0 spiro atoms. The lowest BCUT2D eigenvalue weighted by atomic mass is 9.95. The van der Waals surface area contributed by atoms with E-state index in [1.165, 1.54) is 12.2 Å². The van der Waals surface area contributed by atoms with Crippen LogP contribution in [0.2, 0.25) is 0 Å². The molecule has 2 rings (SSSR count). The average molecular weight is 199 g/mol. The molecule has 2 saturated heterocycles. The van der Waals surface area contributed by atoms with Crippen molar-refractivity contribution < 1.29 is 14.4 Å². The molecule has 2 heterocycles. The Morgan fingerprint density at radius 3 is 2.43 bits per heavy atom. The number of ether oxygens (including phenoxy) is 1. The Hall–Kier alpha value is -0.610. The lowest BCUT2D eigenvalue weighted by Gasteiger charge is -2.29. The Bertz CT molecular complexity index is 219. The van der Waals surface area contributed by atoms with Gasteiger partial charge in [0.15, 0.2) is 0 Å². The van der Waals surface area contributed by atoms with Gasteiger partial charge in [-0.1, -0.05) is 0 Å². The SMILES string of the molecule is CON(C)C(=O)C1CC2CCC(C1)O2. The first kappa shape index (κ1) is 9.93. The maximum Gasteiger partial charge on any atom is 0.249 e. The summed E-state index contributed by atoms with van der Waals surface area (Å²) >= 11 is 0. The van der Waals surface area contributed by atoms with E-state index in [-0.39, 0.29) is 11.8 Å². The van der Waals surface area contributed by atoms with Gasteiger partial charge in [-0.3, -0.25) is 9.63 Å². The molecule has 4 heteroatoms. The molecule has 2 atom stereocenters. The van der Waals surface area contributed by atoms with Crippen LogP contribution in [-0.2, 0) is 14.4 Å². The van der Waals surface area contributed by atoms with E-state index in [1.807, 2.05) is 0 Å². The quantitative estimate of drug-likeness (QED) is 0.622. The Kier molecular flexibility index (Phi) is 2.74. The first-order valence-corrected chi connectivity index (χ1v) is 5.18. The molecule has 0 aromatic carbocycles. The highest BCUT2D eigenvalue weighted by molar-refractivity contribution is 5.77. The fraction of sp³-hybridized carbons (Fsp3) is 0.900. The first-order valence-electron chi connectivity index (χ1n) is 5.18. The summed E-state index contributed by atoms with van der Waals surface area (Å²) in [4.78, 5) is 16.7. The molecule has 0 radical (unpaired) electrons. The van der Waals surface area contributed by atoms with Crippen molar-refractivity contribution in [2.45, 2.75) is 37.9 Å². The molecule has 4 nitrogen and oxygen atoms in total. The van der Waals surface area contributed by atoms with Crippen molar-refractivity contribution >= 4 is 5.91 Å². The summed E-state index contributed by atoms with van der Waals surface area (Å²) in [6, 6.07) is 0. The van der Waals surface area contributed by atoms with Crippen molar-refractivity contribution in [3.8, 4) is 0 Å². The van der Waals surface area contributed by atoms with E-state index >= 15 is 0 Å². The molecule has 2 unspecified atom stereocenters. The zero-order valence-corrected chi connectivity index (χ0v) is 8.73. The molecule has 0 aliphatic carbocycles. The van der Waals surface area contributed by atoms with Gasteiger partial charge in [-0.25, -0.2) is 5.06 Å². The smallest absolute Gasteiger partial charge is 0.249 e. The van der Waals surface area contributed by atoms with Crippen LogP contribution in [0.15, 0.2) is 0 Å². The highest BCUT2D eigenvalue weighted by Gasteiger charge is 2.38. The third-order valence-corrected chi connectivity index (χ3v) is 3.22. The number of amides is 1. The van der Waals surface area contributed by atoms with Gasteiger partial charge in [-0.05, 0) is 25.7 Å². The number of nitrogens with zero attached hydrogens (tertiary/aromatic N) is 1. The van der Waals surface area contributed by atoms with E-state index in [0.29, 0.717) is 12.2 Å². The maximum absolute atomic E-state index is 11.8. The van der Waals surface area contributed by atoms with Gasteiger partial charge in [0.05, 0.1) is 19.3 Å². The van der Waals surface area contributed by atoms with Gasteiger partial charge >= 0.3 is 0 Å². The topological polar surface area (TPSA) is 38.8 Å². The molecule has 14 heavy (non-hydrogen) atoms. The highest BCUT2D eigenvalue weighted by Crippen LogP contribution is 2.36. The first-order chi connectivity index (χ1) is 6.70. The zero-order valence-electron chi connectivity index (χ0n) is 8.73. The van der Waals surface area contributed by atoms with Crippen LogP contribution in [0.4, 0.5) is 0 Å². The second-order valence-electron chi connectivity index (χ2n) is 4.14. The molecule has 0 aromatic rings. The Morgan fingerprint density at radius 2 is 1.93 bits per heavy atom. The molecule has 2 aliphatic rings. The van der Waals surface area contributed by atoms with E-state index in [4.69, 9.17) is 9.57 Å². The van der Waals surface area contributed by atoms with Crippen molar-refractivity contribution in [2.24, 2.45) is 5.92 Å². The minimum Gasteiger partial charge on any atom is -0.375 e. The Balaban J connectivity index is 1.95. The normalized spacial score (nSPS) is 35.7. The third kappa shape index (κ3) is 1.77. The van der Waals surface area contributed by atoms with E-state index in [9.17, 15) is 4.79 Å².